The van der Waals surface area contributed by atoms with E-state index in [1.165, 1.54) is 4.90 Å². The van der Waals surface area contributed by atoms with Crippen LogP contribution in [0, 0.1) is 23.2 Å². The van der Waals surface area contributed by atoms with Gasteiger partial charge in [-0.3, -0.25) is 9.59 Å². The summed E-state index contributed by atoms with van der Waals surface area (Å²) >= 11 is 0. The molecule has 0 aromatic heterocycles. The Labute approximate surface area is 116 Å². The van der Waals surface area contributed by atoms with Crippen LogP contribution >= 0.6 is 0 Å². The summed E-state index contributed by atoms with van der Waals surface area (Å²) in [6.07, 6.45) is 2.51. The van der Waals surface area contributed by atoms with Crippen LogP contribution in [0.4, 0.5) is 5.69 Å². The van der Waals surface area contributed by atoms with E-state index in [9.17, 15) is 9.59 Å². The number of para-hydroxylation sites is 2. The van der Waals surface area contributed by atoms with Gasteiger partial charge in [0.1, 0.15) is 11.8 Å². The standard InChI is InChI=1S/C15H14N2O3/c16-8-9-20-13-7-2-1-6-12(13)17-14(18)10-4-3-5-11(10)15(17)19/h1-2,6-7,10-11H,3-5,9H2. The highest BCUT2D eigenvalue weighted by Crippen LogP contribution is 2.43. The average Bonchev–Trinajstić information content (AvgIpc) is 3.02. The van der Waals surface area contributed by atoms with E-state index < -0.39 is 0 Å². The lowest BCUT2D eigenvalue weighted by atomic mass is 10.00. The normalized spacial score (nSPS) is 24.6. The summed E-state index contributed by atoms with van der Waals surface area (Å²) in [6, 6.07) is 8.74. The lowest BCUT2D eigenvalue weighted by molar-refractivity contribution is -0.122. The highest BCUT2D eigenvalue weighted by molar-refractivity contribution is 6.22. The Morgan fingerprint density at radius 1 is 1.20 bits per heavy atom. The van der Waals surface area contributed by atoms with Gasteiger partial charge in [-0.2, -0.15) is 5.26 Å². The summed E-state index contributed by atoms with van der Waals surface area (Å²) < 4.78 is 5.31. The number of nitrogens with zero attached hydrogens (tertiary/aromatic N) is 2. The van der Waals surface area contributed by atoms with Gasteiger partial charge in [-0.15, -0.1) is 0 Å². The summed E-state index contributed by atoms with van der Waals surface area (Å²) in [7, 11) is 0. The van der Waals surface area contributed by atoms with Gasteiger partial charge in [-0.25, -0.2) is 4.90 Å². The van der Waals surface area contributed by atoms with Crippen LogP contribution in [0.2, 0.25) is 0 Å². The summed E-state index contributed by atoms with van der Waals surface area (Å²) in [6.45, 7) is -0.111. The first-order chi connectivity index (χ1) is 9.74. The van der Waals surface area contributed by atoms with Gasteiger partial charge in [0.25, 0.3) is 0 Å². The number of amides is 2. The molecular formula is C15H14N2O3. The van der Waals surface area contributed by atoms with Gasteiger partial charge in [-0.05, 0) is 25.0 Å². The molecule has 0 radical (unpaired) electrons. The molecule has 1 saturated carbocycles. The minimum Gasteiger partial charge on any atom is -0.477 e. The van der Waals surface area contributed by atoms with Gasteiger partial charge < -0.3 is 4.74 Å². The zero-order chi connectivity index (χ0) is 14.1. The maximum atomic E-state index is 12.4. The van der Waals surface area contributed by atoms with Crippen LogP contribution < -0.4 is 9.64 Å². The van der Waals surface area contributed by atoms with E-state index >= 15 is 0 Å². The molecule has 0 bridgehead atoms. The summed E-state index contributed by atoms with van der Waals surface area (Å²) in [5, 5.41) is 8.60. The lowest BCUT2D eigenvalue weighted by Gasteiger charge is -2.18. The number of fused-ring (bicyclic) bond motifs is 1. The smallest absolute Gasteiger partial charge is 0.237 e. The van der Waals surface area contributed by atoms with E-state index in [1.807, 2.05) is 6.07 Å². The van der Waals surface area contributed by atoms with Gasteiger partial charge in [0.2, 0.25) is 11.8 Å². The number of rotatable bonds is 3. The minimum atomic E-state index is -0.175. The van der Waals surface area contributed by atoms with Crippen molar-refractivity contribution in [2.24, 2.45) is 11.8 Å². The maximum Gasteiger partial charge on any atom is 0.237 e. The Balaban J connectivity index is 1.95. The summed E-state index contributed by atoms with van der Waals surface area (Å²) in [5.74, 6) is -0.218. The average molecular weight is 270 g/mol. The highest BCUT2D eigenvalue weighted by atomic mass is 16.5. The molecule has 1 aliphatic heterocycles. The zero-order valence-corrected chi connectivity index (χ0v) is 10.9. The third-order valence-electron chi connectivity index (χ3n) is 3.99. The number of ether oxygens (including phenoxy) is 1. The fourth-order valence-electron chi connectivity index (χ4n) is 3.10. The van der Waals surface area contributed by atoms with Crippen molar-refractivity contribution in [2.45, 2.75) is 19.3 Å². The van der Waals surface area contributed by atoms with Crippen molar-refractivity contribution in [3.8, 4) is 11.8 Å². The fraction of sp³-hybridized carbons (Fsp3) is 0.400. The van der Waals surface area contributed by atoms with Gasteiger partial charge in [-0.1, -0.05) is 18.6 Å². The molecule has 1 saturated heterocycles. The van der Waals surface area contributed by atoms with E-state index in [0.29, 0.717) is 11.4 Å². The number of anilines is 1. The van der Waals surface area contributed by atoms with E-state index in [2.05, 4.69) is 0 Å². The number of nitriles is 1. The molecule has 5 nitrogen and oxygen atoms in total. The Kier molecular flexibility index (Phi) is 3.15. The molecule has 2 amide bonds. The molecule has 2 atom stereocenters. The molecule has 20 heavy (non-hydrogen) atoms. The first-order valence-corrected chi connectivity index (χ1v) is 6.70. The molecule has 2 unspecified atom stereocenters. The predicted octanol–water partition coefficient (Wildman–Crippen LogP) is 1.88. The maximum absolute atomic E-state index is 12.4. The first-order valence-electron chi connectivity index (χ1n) is 6.70. The molecule has 3 rings (SSSR count). The first kappa shape index (κ1) is 12.7. The predicted molar refractivity (Wildman–Crippen MR) is 70.9 cm³/mol. The largest absolute Gasteiger partial charge is 0.477 e. The molecule has 0 spiro atoms. The third-order valence-corrected chi connectivity index (χ3v) is 3.99. The molecule has 1 aliphatic carbocycles. The second kappa shape index (κ2) is 4.97. The molecular weight excluding hydrogens is 256 g/mol. The van der Waals surface area contributed by atoms with Crippen LogP contribution in [-0.4, -0.2) is 18.4 Å². The van der Waals surface area contributed by atoms with Gasteiger partial charge in [0, 0.05) is 0 Å². The number of hydrogen-bond acceptors (Lipinski definition) is 4. The Morgan fingerprint density at radius 3 is 2.50 bits per heavy atom. The Bertz CT molecular complexity index is 583. The molecule has 5 heteroatoms. The zero-order valence-electron chi connectivity index (χ0n) is 10.9. The number of imide groups is 1. The second-order valence-electron chi connectivity index (χ2n) is 5.07. The fourth-order valence-corrected chi connectivity index (χ4v) is 3.10. The van der Waals surface area contributed by atoms with Crippen LogP contribution in [0.1, 0.15) is 19.3 Å². The highest BCUT2D eigenvalue weighted by Gasteiger charge is 2.50. The quantitative estimate of drug-likeness (QED) is 0.786. The Morgan fingerprint density at radius 2 is 1.85 bits per heavy atom. The number of benzene rings is 1. The summed E-state index contributed by atoms with van der Waals surface area (Å²) in [4.78, 5) is 26.1. The van der Waals surface area contributed by atoms with Gasteiger partial charge in [0.05, 0.1) is 17.5 Å². The van der Waals surface area contributed by atoms with Crippen molar-refractivity contribution in [3.63, 3.8) is 0 Å². The van der Waals surface area contributed by atoms with E-state index in [0.717, 1.165) is 19.3 Å². The van der Waals surface area contributed by atoms with E-state index in [-0.39, 0.29) is 30.3 Å². The van der Waals surface area contributed by atoms with Gasteiger partial charge in [0.15, 0.2) is 6.61 Å². The van der Waals surface area contributed by atoms with Crippen molar-refractivity contribution in [1.82, 2.24) is 0 Å². The monoisotopic (exact) mass is 270 g/mol. The van der Waals surface area contributed by atoms with Gasteiger partial charge >= 0.3 is 0 Å². The molecule has 2 fully saturated rings. The molecule has 0 N–H and O–H groups in total. The third kappa shape index (κ3) is 1.85. The van der Waals surface area contributed by atoms with Crippen molar-refractivity contribution in [2.75, 3.05) is 11.5 Å². The molecule has 1 heterocycles. The topological polar surface area (TPSA) is 70.4 Å². The van der Waals surface area contributed by atoms with E-state index in [1.54, 1.807) is 24.3 Å². The molecule has 1 aromatic rings. The van der Waals surface area contributed by atoms with Crippen molar-refractivity contribution < 1.29 is 14.3 Å². The lowest BCUT2D eigenvalue weighted by Crippen LogP contribution is -2.32. The van der Waals surface area contributed by atoms with E-state index in [4.69, 9.17) is 10.00 Å². The van der Waals surface area contributed by atoms with Crippen molar-refractivity contribution in [1.29, 1.82) is 5.26 Å². The molecule has 102 valence electrons. The molecule has 1 aromatic carbocycles. The van der Waals surface area contributed by atoms with Crippen molar-refractivity contribution >= 4 is 17.5 Å². The SMILES string of the molecule is N#CCOc1ccccc1N1C(=O)C2CCCC2C1=O. The summed E-state index contributed by atoms with van der Waals surface area (Å²) in [5.41, 5.74) is 0.451. The second-order valence-corrected chi connectivity index (χ2v) is 5.07. The Hall–Kier alpha value is -2.35. The van der Waals surface area contributed by atoms with Crippen LogP contribution in [0.3, 0.4) is 0 Å². The number of carbonyl (C=O) groups is 2. The number of hydrogen-bond donors (Lipinski definition) is 0. The van der Waals surface area contributed by atoms with Crippen LogP contribution in [0.15, 0.2) is 24.3 Å². The van der Waals surface area contributed by atoms with Crippen LogP contribution in [0.25, 0.3) is 0 Å². The minimum absolute atomic E-state index is 0.111. The van der Waals surface area contributed by atoms with Crippen molar-refractivity contribution in [3.05, 3.63) is 24.3 Å². The van der Waals surface area contributed by atoms with Crippen LogP contribution in [-0.2, 0) is 9.59 Å². The number of carbonyl (C=O) groups excluding carboxylic acids is 2. The molecule has 2 aliphatic rings. The van der Waals surface area contributed by atoms with Crippen LogP contribution in [0.5, 0.6) is 5.75 Å².